The van der Waals surface area contributed by atoms with Crippen molar-refractivity contribution in [3.8, 4) is 11.4 Å². The third kappa shape index (κ3) is 2.44. The molecule has 0 aliphatic heterocycles. The summed E-state index contributed by atoms with van der Waals surface area (Å²) in [6.45, 7) is 0.699. The summed E-state index contributed by atoms with van der Waals surface area (Å²) >= 11 is 0. The number of fused-ring (bicyclic) bond motifs is 1. The molecule has 0 unspecified atom stereocenters. The number of hydrogen-bond acceptors (Lipinski definition) is 3. The Labute approximate surface area is 115 Å². The number of imidazole rings is 1. The van der Waals surface area contributed by atoms with Gasteiger partial charge in [-0.25, -0.2) is 13.8 Å². The Balaban J connectivity index is 2.12. The van der Waals surface area contributed by atoms with Gasteiger partial charge < -0.3 is 4.98 Å². The first-order chi connectivity index (χ1) is 9.84. The zero-order valence-corrected chi connectivity index (χ0v) is 10.7. The van der Waals surface area contributed by atoms with Gasteiger partial charge in [0.25, 0.3) is 5.92 Å². The van der Waals surface area contributed by atoms with Crippen molar-refractivity contribution < 1.29 is 17.6 Å². The molecule has 0 radical (unpaired) electrons. The van der Waals surface area contributed by atoms with Crippen molar-refractivity contribution >= 4 is 11.0 Å². The molecule has 0 spiro atoms. The van der Waals surface area contributed by atoms with Crippen LogP contribution in [-0.4, -0.2) is 20.2 Å². The van der Waals surface area contributed by atoms with Crippen molar-refractivity contribution in [1.82, 2.24) is 20.2 Å². The third-order valence-electron chi connectivity index (χ3n) is 2.90. The molecule has 1 aromatic carbocycles. The fourth-order valence-electron chi connectivity index (χ4n) is 1.85. The van der Waals surface area contributed by atoms with E-state index in [9.17, 15) is 17.6 Å². The van der Waals surface area contributed by atoms with Crippen LogP contribution in [0.4, 0.5) is 17.6 Å². The van der Waals surface area contributed by atoms with Crippen molar-refractivity contribution in [2.75, 3.05) is 0 Å². The molecule has 108 valence electrons. The summed E-state index contributed by atoms with van der Waals surface area (Å²) in [4.78, 5) is 6.76. The van der Waals surface area contributed by atoms with Crippen LogP contribution in [0.15, 0.2) is 24.4 Å². The molecule has 2 aromatic heterocycles. The van der Waals surface area contributed by atoms with Crippen LogP contribution in [0, 0.1) is 11.6 Å². The molecule has 3 aromatic rings. The minimum absolute atomic E-state index is 0.176. The van der Waals surface area contributed by atoms with E-state index in [1.54, 1.807) is 0 Å². The summed E-state index contributed by atoms with van der Waals surface area (Å²) in [5.41, 5.74) is 0.174. The van der Waals surface area contributed by atoms with Crippen LogP contribution in [0.2, 0.25) is 0 Å². The first kappa shape index (κ1) is 13.5. The van der Waals surface area contributed by atoms with Crippen molar-refractivity contribution in [2.45, 2.75) is 12.8 Å². The monoisotopic (exact) mass is 296 g/mol. The summed E-state index contributed by atoms with van der Waals surface area (Å²) in [7, 11) is 0. The second kappa shape index (κ2) is 4.51. The fourth-order valence-corrected chi connectivity index (χ4v) is 1.85. The number of hydrogen-bond donors (Lipinski definition) is 1. The van der Waals surface area contributed by atoms with Crippen molar-refractivity contribution in [3.63, 3.8) is 0 Å². The SMILES string of the molecule is CC(F)(F)c1cc(-c2nc3cc(F)c(F)cc3[nH]2)cnn1. The summed E-state index contributed by atoms with van der Waals surface area (Å²) in [6.07, 6.45) is 1.24. The highest BCUT2D eigenvalue weighted by atomic mass is 19.3. The summed E-state index contributed by atoms with van der Waals surface area (Å²) in [5, 5.41) is 6.85. The van der Waals surface area contributed by atoms with Crippen molar-refractivity contribution in [1.29, 1.82) is 0 Å². The highest BCUT2D eigenvalue weighted by Crippen LogP contribution is 2.28. The van der Waals surface area contributed by atoms with Crippen LogP contribution >= 0.6 is 0 Å². The van der Waals surface area contributed by atoms with E-state index in [-0.39, 0.29) is 22.4 Å². The zero-order chi connectivity index (χ0) is 15.2. The maximum atomic E-state index is 13.2. The molecule has 0 saturated heterocycles. The summed E-state index contributed by atoms with van der Waals surface area (Å²) < 4.78 is 52.7. The maximum Gasteiger partial charge on any atom is 0.288 e. The van der Waals surface area contributed by atoms with Gasteiger partial charge in [-0.05, 0) is 6.07 Å². The molecule has 3 rings (SSSR count). The Morgan fingerprint density at radius 1 is 1.10 bits per heavy atom. The van der Waals surface area contributed by atoms with Crippen LogP contribution in [0.3, 0.4) is 0 Å². The van der Waals surface area contributed by atoms with Gasteiger partial charge in [-0.2, -0.15) is 13.9 Å². The average Bonchev–Trinajstić information content (AvgIpc) is 2.81. The Bertz CT molecular complexity index is 784. The van der Waals surface area contributed by atoms with E-state index in [1.807, 2.05) is 0 Å². The molecule has 4 nitrogen and oxygen atoms in total. The molecule has 2 heterocycles. The Morgan fingerprint density at radius 3 is 2.52 bits per heavy atom. The number of halogens is 4. The third-order valence-corrected chi connectivity index (χ3v) is 2.90. The van der Waals surface area contributed by atoms with Crippen LogP contribution in [-0.2, 0) is 5.92 Å². The van der Waals surface area contributed by atoms with E-state index >= 15 is 0 Å². The van der Waals surface area contributed by atoms with E-state index in [0.29, 0.717) is 6.92 Å². The first-order valence-electron chi connectivity index (χ1n) is 5.91. The predicted molar refractivity (Wildman–Crippen MR) is 66.6 cm³/mol. The Morgan fingerprint density at radius 2 is 1.81 bits per heavy atom. The molecular weight excluding hydrogens is 288 g/mol. The van der Waals surface area contributed by atoms with Gasteiger partial charge in [0.15, 0.2) is 11.6 Å². The lowest BCUT2D eigenvalue weighted by atomic mass is 10.2. The number of nitrogens with zero attached hydrogens (tertiary/aromatic N) is 3. The lowest BCUT2D eigenvalue weighted by Gasteiger charge is -2.08. The molecule has 0 aliphatic rings. The van der Waals surface area contributed by atoms with Gasteiger partial charge in [0.05, 0.1) is 17.2 Å². The number of nitrogens with one attached hydrogen (secondary N) is 1. The van der Waals surface area contributed by atoms with Crippen LogP contribution in [0.25, 0.3) is 22.4 Å². The molecule has 0 bridgehead atoms. The van der Waals surface area contributed by atoms with Gasteiger partial charge in [-0.1, -0.05) is 0 Å². The van der Waals surface area contributed by atoms with E-state index in [0.717, 1.165) is 18.2 Å². The van der Waals surface area contributed by atoms with Crippen LogP contribution in [0.5, 0.6) is 0 Å². The second-order valence-electron chi connectivity index (χ2n) is 4.59. The minimum atomic E-state index is -3.15. The lowest BCUT2D eigenvalue weighted by Crippen LogP contribution is -2.10. The lowest BCUT2D eigenvalue weighted by molar-refractivity contribution is 0.0119. The number of aromatic amines is 1. The number of H-pyrrole nitrogens is 1. The van der Waals surface area contributed by atoms with Crippen molar-refractivity contribution in [2.24, 2.45) is 0 Å². The summed E-state index contributed by atoms with van der Waals surface area (Å²) in [5.74, 6) is -5.02. The molecule has 0 saturated carbocycles. The molecule has 21 heavy (non-hydrogen) atoms. The minimum Gasteiger partial charge on any atom is -0.338 e. The van der Waals surface area contributed by atoms with E-state index in [2.05, 4.69) is 20.2 Å². The maximum absolute atomic E-state index is 13.2. The largest absolute Gasteiger partial charge is 0.338 e. The van der Waals surface area contributed by atoms with Gasteiger partial charge in [0.1, 0.15) is 11.5 Å². The number of alkyl halides is 2. The first-order valence-corrected chi connectivity index (χ1v) is 5.91. The van der Waals surface area contributed by atoms with Crippen LogP contribution in [0.1, 0.15) is 12.6 Å². The molecule has 0 aliphatic carbocycles. The predicted octanol–water partition coefficient (Wildman–Crippen LogP) is 3.41. The van der Waals surface area contributed by atoms with Gasteiger partial charge in [-0.15, -0.1) is 5.10 Å². The van der Waals surface area contributed by atoms with Crippen molar-refractivity contribution in [3.05, 3.63) is 41.7 Å². The molecule has 1 N–H and O–H groups in total. The molecule has 8 heteroatoms. The van der Waals surface area contributed by atoms with Gasteiger partial charge >= 0.3 is 0 Å². The smallest absolute Gasteiger partial charge is 0.288 e. The van der Waals surface area contributed by atoms with Gasteiger partial charge in [0.2, 0.25) is 0 Å². The fraction of sp³-hybridized carbons (Fsp3) is 0.154. The summed E-state index contributed by atoms with van der Waals surface area (Å²) in [6, 6.07) is 3.00. The molecule has 0 atom stereocenters. The Hall–Kier alpha value is -2.51. The number of rotatable bonds is 2. The number of aromatic nitrogens is 4. The topological polar surface area (TPSA) is 54.5 Å². The quantitative estimate of drug-likeness (QED) is 0.737. The van der Waals surface area contributed by atoms with E-state index < -0.39 is 23.3 Å². The Kier molecular flexibility index (Phi) is 2.89. The van der Waals surface area contributed by atoms with Gasteiger partial charge in [0, 0.05) is 24.6 Å². The zero-order valence-electron chi connectivity index (χ0n) is 10.7. The van der Waals surface area contributed by atoms with Crippen LogP contribution < -0.4 is 0 Å². The molecule has 0 fully saturated rings. The van der Waals surface area contributed by atoms with Gasteiger partial charge in [-0.3, -0.25) is 0 Å². The average molecular weight is 296 g/mol. The molecular formula is C13H8F4N4. The normalized spacial score (nSPS) is 12.0. The highest BCUT2D eigenvalue weighted by molar-refractivity contribution is 5.79. The molecule has 0 amide bonds. The standard InChI is InChI=1S/C13H8F4N4/c1-13(16,17)11-2-6(5-18-21-11)12-19-9-3-7(14)8(15)4-10(9)20-12/h2-5H,1H3,(H,19,20). The highest BCUT2D eigenvalue weighted by Gasteiger charge is 2.27. The number of benzene rings is 1. The van der Waals surface area contributed by atoms with E-state index in [4.69, 9.17) is 0 Å². The second-order valence-corrected chi connectivity index (χ2v) is 4.59. The van der Waals surface area contributed by atoms with E-state index in [1.165, 1.54) is 6.20 Å².